The van der Waals surface area contributed by atoms with E-state index in [0.717, 1.165) is 12.8 Å². The molecule has 1 aliphatic carbocycles. The molecular formula is C14H21NO. The van der Waals surface area contributed by atoms with Crippen LogP contribution in [0.2, 0.25) is 0 Å². The predicted molar refractivity (Wildman–Crippen MR) is 68.0 cm³/mol. The number of anilines is 1. The summed E-state index contributed by atoms with van der Waals surface area (Å²) in [6, 6.07) is 8.59. The lowest BCUT2D eigenvalue weighted by Crippen LogP contribution is -2.22. The smallest absolute Gasteiger partial charge is 0.0608 e. The molecule has 0 aromatic heterocycles. The number of hydrogen-bond acceptors (Lipinski definition) is 2. The van der Waals surface area contributed by atoms with Gasteiger partial charge in [-0.25, -0.2) is 0 Å². The van der Waals surface area contributed by atoms with E-state index in [1.165, 1.54) is 24.1 Å². The standard InChI is InChI=1S/C14H21NO/c1-15(2)12-9-7-11(8-10-12)13-5-3-4-6-14(13)16/h7-10,13-14,16H,3-6H2,1-2H3/t13-,14-/m1/s1. The molecule has 88 valence electrons. The van der Waals surface area contributed by atoms with Crippen molar-refractivity contribution in [3.8, 4) is 0 Å². The molecule has 2 nitrogen and oxygen atoms in total. The van der Waals surface area contributed by atoms with Gasteiger partial charge < -0.3 is 10.0 Å². The van der Waals surface area contributed by atoms with E-state index >= 15 is 0 Å². The van der Waals surface area contributed by atoms with Gasteiger partial charge in [0.1, 0.15) is 0 Å². The largest absolute Gasteiger partial charge is 0.392 e. The molecule has 1 aliphatic rings. The van der Waals surface area contributed by atoms with E-state index < -0.39 is 0 Å². The summed E-state index contributed by atoms with van der Waals surface area (Å²) in [5, 5.41) is 9.99. The van der Waals surface area contributed by atoms with Crippen LogP contribution in [0.1, 0.15) is 37.2 Å². The second kappa shape index (κ2) is 4.88. The van der Waals surface area contributed by atoms with Crippen molar-refractivity contribution in [1.29, 1.82) is 0 Å². The van der Waals surface area contributed by atoms with Gasteiger partial charge in [0.2, 0.25) is 0 Å². The first-order chi connectivity index (χ1) is 7.68. The summed E-state index contributed by atoms with van der Waals surface area (Å²) in [7, 11) is 4.09. The SMILES string of the molecule is CN(C)c1ccc([C@H]2CCCC[C@H]2O)cc1. The molecule has 1 aromatic carbocycles. The molecule has 0 spiro atoms. The number of benzene rings is 1. The quantitative estimate of drug-likeness (QED) is 0.826. The lowest BCUT2D eigenvalue weighted by atomic mass is 9.82. The van der Waals surface area contributed by atoms with E-state index in [2.05, 4.69) is 29.2 Å². The molecule has 0 heterocycles. The molecule has 0 amide bonds. The Morgan fingerprint density at radius 2 is 1.69 bits per heavy atom. The van der Waals surface area contributed by atoms with Crippen LogP contribution in [-0.4, -0.2) is 25.3 Å². The van der Waals surface area contributed by atoms with Crippen molar-refractivity contribution in [2.24, 2.45) is 0 Å². The van der Waals surface area contributed by atoms with Crippen LogP contribution in [0.4, 0.5) is 5.69 Å². The average Bonchev–Trinajstić information content (AvgIpc) is 2.30. The van der Waals surface area contributed by atoms with Gasteiger partial charge in [-0.1, -0.05) is 25.0 Å². The third-order valence-corrected chi connectivity index (χ3v) is 3.57. The number of hydrogen-bond donors (Lipinski definition) is 1. The zero-order valence-electron chi connectivity index (χ0n) is 10.2. The molecule has 0 aliphatic heterocycles. The Morgan fingerprint density at radius 1 is 1.06 bits per heavy atom. The molecule has 1 saturated carbocycles. The first kappa shape index (κ1) is 11.5. The van der Waals surface area contributed by atoms with Crippen LogP contribution in [0.5, 0.6) is 0 Å². The number of aliphatic hydroxyl groups is 1. The van der Waals surface area contributed by atoms with Crippen LogP contribution in [0.3, 0.4) is 0 Å². The van der Waals surface area contributed by atoms with E-state index in [1.54, 1.807) is 0 Å². The maximum atomic E-state index is 9.99. The molecule has 0 bridgehead atoms. The van der Waals surface area contributed by atoms with Crippen molar-refractivity contribution in [3.63, 3.8) is 0 Å². The van der Waals surface area contributed by atoms with Gasteiger partial charge >= 0.3 is 0 Å². The minimum absolute atomic E-state index is 0.140. The van der Waals surface area contributed by atoms with Gasteiger partial charge in [-0.2, -0.15) is 0 Å². The predicted octanol–water partition coefficient (Wildman–Crippen LogP) is 2.77. The van der Waals surface area contributed by atoms with E-state index in [0.29, 0.717) is 5.92 Å². The molecule has 0 radical (unpaired) electrons. The summed E-state index contributed by atoms with van der Waals surface area (Å²) in [5.74, 6) is 0.352. The highest BCUT2D eigenvalue weighted by atomic mass is 16.3. The molecular weight excluding hydrogens is 198 g/mol. The fourth-order valence-electron chi connectivity index (χ4n) is 2.52. The fourth-order valence-corrected chi connectivity index (χ4v) is 2.52. The van der Waals surface area contributed by atoms with Crippen molar-refractivity contribution in [1.82, 2.24) is 0 Å². The Morgan fingerprint density at radius 3 is 2.25 bits per heavy atom. The highest BCUT2D eigenvalue weighted by Gasteiger charge is 2.24. The first-order valence-corrected chi connectivity index (χ1v) is 6.14. The molecule has 0 saturated heterocycles. The van der Waals surface area contributed by atoms with Gasteiger partial charge in [0.05, 0.1) is 6.10 Å². The molecule has 2 rings (SSSR count). The van der Waals surface area contributed by atoms with Crippen LogP contribution < -0.4 is 4.90 Å². The second-order valence-electron chi connectivity index (χ2n) is 4.94. The van der Waals surface area contributed by atoms with Crippen molar-refractivity contribution >= 4 is 5.69 Å². The molecule has 2 atom stereocenters. The lowest BCUT2D eigenvalue weighted by molar-refractivity contribution is 0.106. The molecule has 2 heteroatoms. The zero-order chi connectivity index (χ0) is 11.5. The van der Waals surface area contributed by atoms with Gasteiger partial charge in [0.15, 0.2) is 0 Å². The molecule has 1 N–H and O–H groups in total. The van der Waals surface area contributed by atoms with Crippen LogP contribution in [0, 0.1) is 0 Å². The van der Waals surface area contributed by atoms with Crippen molar-refractivity contribution in [2.45, 2.75) is 37.7 Å². The van der Waals surface area contributed by atoms with Crippen LogP contribution in [0.15, 0.2) is 24.3 Å². The number of nitrogens with zero attached hydrogens (tertiary/aromatic N) is 1. The Balaban J connectivity index is 2.14. The summed E-state index contributed by atoms with van der Waals surface area (Å²) in [5.41, 5.74) is 2.51. The summed E-state index contributed by atoms with van der Waals surface area (Å²) in [6.45, 7) is 0. The van der Waals surface area contributed by atoms with Gasteiger partial charge in [-0.3, -0.25) is 0 Å². The summed E-state index contributed by atoms with van der Waals surface area (Å²) >= 11 is 0. The molecule has 1 aromatic rings. The second-order valence-corrected chi connectivity index (χ2v) is 4.94. The normalized spacial score (nSPS) is 25.4. The van der Waals surface area contributed by atoms with Crippen LogP contribution >= 0.6 is 0 Å². The average molecular weight is 219 g/mol. The summed E-state index contributed by atoms with van der Waals surface area (Å²) < 4.78 is 0. The maximum Gasteiger partial charge on any atom is 0.0608 e. The maximum absolute atomic E-state index is 9.99. The summed E-state index contributed by atoms with van der Waals surface area (Å²) in [6.07, 6.45) is 4.37. The monoisotopic (exact) mass is 219 g/mol. The van der Waals surface area contributed by atoms with E-state index in [1.807, 2.05) is 14.1 Å². The minimum atomic E-state index is -0.140. The summed E-state index contributed by atoms with van der Waals surface area (Å²) in [4.78, 5) is 2.10. The van der Waals surface area contributed by atoms with Gasteiger partial charge in [0, 0.05) is 25.7 Å². The van der Waals surface area contributed by atoms with Gasteiger partial charge in [0.25, 0.3) is 0 Å². The Bertz CT molecular complexity index is 331. The molecule has 0 unspecified atom stereocenters. The van der Waals surface area contributed by atoms with Crippen LogP contribution in [-0.2, 0) is 0 Å². The van der Waals surface area contributed by atoms with Crippen molar-refractivity contribution in [2.75, 3.05) is 19.0 Å². The van der Waals surface area contributed by atoms with E-state index in [-0.39, 0.29) is 6.10 Å². The molecule has 16 heavy (non-hydrogen) atoms. The van der Waals surface area contributed by atoms with Gasteiger partial charge in [-0.15, -0.1) is 0 Å². The Hall–Kier alpha value is -1.02. The van der Waals surface area contributed by atoms with Crippen molar-refractivity contribution < 1.29 is 5.11 Å². The first-order valence-electron chi connectivity index (χ1n) is 6.14. The fraction of sp³-hybridized carbons (Fsp3) is 0.571. The van der Waals surface area contributed by atoms with Crippen LogP contribution in [0.25, 0.3) is 0 Å². The lowest BCUT2D eigenvalue weighted by Gasteiger charge is -2.28. The third-order valence-electron chi connectivity index (χ3n) is 3.57. The van der Waals surface area contributed by atoms with E-state index in [4.69, 9.17) is 0 Å². The Labute approximate surface area is 97.9 Å². The minimum Gasteiger partial charge on any atom is -0.392 e. The topological polar surface area (TPSA) is 23.5 Å². The molecule has 1 fully saturated rings. The van der Waals surface area contributed by atoms with Crippen molar-refractivity contribution in [3.05, 3.63) is 29.8 Å². The van der Waals surface area contributed by atoms with E-state index in [9.17, 15) is 5.11 Å². The van der Waals surface area contributed by atoms with Gasteiger partial charge in [-0.05, 0) is 30.5 Å². The number of rotatable bonds is 2. The zero-order valence-corrected chi connectivity index (χ0v) is 10.2. The highest BCUT2D eigenvalue weighted by Crippen LogP contribution is 2.33. The highest BCUT2D eigenvalue weighted by molar-refractivity contribution is 5.46. The number of aliphatic hydroxyl groups excluding tert-OH is 1. The Kier molecular flexibility index (Phi) is 3.49. The third kappa shape index (κ3) is 2.38.